The number of hydrogen-bond acceptors (Lipinski definition) is 2. The second-order valence-corrected chi connectivity index (χ2v) is 4.54. The van der Waals surface area contributed by atoms with E-state index in [1.54, 1.807) is 20.8 Å². The minimum Gasteiger partial charge on any atom is -0.481 e. The zero-order valence-electron chi connectivity index (χ0n) is 10.2. The largest absolute Gasteiger partial charge is 0.481 e. The Bertz CT molecular complexity index is 277. The van der Waals surface area contributed by atoms with Gasteiger partial charge in [-0.3, -0.25) is 4.79 Å². The lowest BCUT2D eigenvalue weighted by Gasteiger charge is -2.35. The fourth-order valence-electron chi connectivity index (χ4n) is 1.21. The van der Waals surface area contributed by atoms with Crippen LogP contribution in [-0.4, -0.2) is 47.1 Å². The van der Waals surface area contributed by atoms with Crippen molar-refractivity contribution in [2.45, 2.75) is 39.2 Å². The number of carbonyl (C=O) groups excluding carboxylic acids is 1. The minimum atomic E-state index is -2.62. The first-order valence-corrected chi connectivity index (χ1v) is 5.20. The number of carboxylic acids is 1. The molecule has 0 fully saturated rings. The predicted octanol–water partition coefficient (Wildman–Crippen LogP) is 1.54. The van der Waals surface area contributed by atoms with Gasteiger partial charge in [0.25, 0.3) is 6.43 Å². The third kappa shape index (κ3) is 6.70. The van der Waals surface area contributed by atoms with Gasteiger partial charge in [-0.2, -0.15) is 0 Å². The number of nitrogens with zero attached hydrogens (tertiary/aromatic N) is 1. The van der Waals surface area contributed by atoms with Gasteiger partial charge in [0.15, 0.2) is 0 Å². The molecule has 100 valence electrons. The lowest BCUT2D eigenvalue weighted by molar-refractivity contribution is -0.137. The van der Waals surface area contributed by atoms with Crippen molar-refractivity contribution < 1.29 is 23.5 Å². The molecule has 0 radical (unpaired) electrons. The fourth-order valence-corrected chi connectivity index (χ4v) is 1.21. The summed E-state index contributed by atoms with van der Waals surface area (Å²) < 4.78 is 23.9. The molecule has 0 bridgehead atoms. The lowest BCUT2D eigenvalue weighted by Crippen LogP contribution is -2.51. The van der Waals surface area contributed by atoms with E-state index < -0.39 is 30.5 Å². The van der Waals surface area contributed by atoms with E-state index in [1.807, 2.05) is 0 Å². The van der Waals surface area contributed by atoms with Gasteiger partial charge in [0.05, 0.1) is 13.0 Å². The number of nitrogens with one attached hydrogen (secondary N) is 1. The van der Waals surface area contributed by atoms with Gasteiger partial charge in [-0.25, -0.2) is 13.6 Å². The molecule has 0 spiro atoms. The summed E-state index contributed by atoms with van der Waals surface area (Å²) >= 11 is 0. The zero-order valence-corrected chi connectivity index (χ0v) is 10.2. The molecule has 0 aromatic rings. The average Bonchev–Trinajstić information content (AvgIpc) is 2.12. The third-order valence-corrected chi connectivity index (χ3v) is 2.01. The monoisotopic (exact) mass is 252 g/mol. The first kappa shape index (κ1) is 15.6. The summed E-state index contributed by atoms with van der Waals surface area (Å²) in [6.45, 7) is 4.36. The van der Waals surface area contributed by atoms with E-state index in [4.69, 9.17) is 5.11 Å². The van der Waals surface area contributed by atoms with Gasteiger partial charge in [-0.15, -0.1) is 0 Å². The van der Waals surface area contributed by atoms with Gasteiger partial charge in [0.2, 0.25) is 0 Å². The van der Waals surface area contributed by atoms with E-state index in [0.29, 0.717) is 0 Å². The van der Waals surface area contributed by atoms with E-state index >= 15 is 0 Å². The smallest absolute Gasteiger partial charge is 0.318 e. The molecule has 0 atom stereocenters. The summed E-state index contributed by atoms with van der Waals surface area (Å²) in [5.74, 6) is -1.04. The summed E-state index contributed by atoms with van der Waals surface area (Å²) in [7, 11) is 0. The molecular formula is C10H18F2N2O3. The molecule has 17 heavy (non-hydrogen) atoms. The summed E-state index contributed by atoms with van der Waals surface area (Å²) in [5.41, 5.74) is -0.623. The first-order chi connectivity index (χ1) is 7.64. The van der Waals surface area contributed by atoms with Gasteiger partial charge in [-0.05, 0) is 20.8 Å². The molecule has 0 saturated carbocycles. The number of halogens is 2. The summed E-state index contributed by atoms with van der Waals surface area (Å²) in [6.07, 6.45) is -2.85. The van der Waals surface area contributed by atoms with Gasteiger partial charge >= 0.3 is 12.0 Å². The standard InChI is InChI=1S/C10H18F2N2O3/c1-10(2,3)14(5-4-8(15)16)9(17)13-6-7(11)12/h7H,4-6H2,1-3H3,(H,13,17)(H,15,16). The fraction of sp³-hybridized carbons (Fsp3) is 0.800. The molecule has 0 heterocycles. The van der Waals surface area contributed by atoms with Crippen LogP contribution in [0.15, 0.2) is 0 Å². The minimum absolute atomic E-state index is 0.0199. The molecule has 0 aromatic carbocycles. The maximum Gasteiger partial charge on any atom is 0.318 e. The van der Waals surface area contributed by atoms with Crippen molar-refractivity contribution in [3.05, 3.63) is 0 Å². The van der Waals surface area contributed by atoms with E-state index in [2.05, 4.69) is 5.32 Å². The van der Waals surface area contributed by atoms with Crippen molar-refractivity contribution in [2.75, 3.05) is 13.1 Å². The number of carbonyl (C=O) groups is 2. The zero-order chi connectivity index (χ0) is 13.6. The van der Waals surface area contributed by atoms with Crippen LogP contribution in [0, 0.1) is 0 Å². The molecule has 0 aliphatic heterocycles. The van der Waals surface area contributed by atoms with Crippen LogP contribution in [-0.2, 0) is 4.79 Å². The van der Waals surface area contributed by atoms with Crippen LogP contribution in [0.4, 0.5) is 13.6 Å². The highest BCUT2D eigenvalue weighted by molar-refractivity contribution is 5.76. The maximum atomic E-state index is 11.9. The highest BCUT2D eigenvalue weighted by Crippen LogP contribution is 2.13. The number of carboxylic acid groups (broad SMARTS) is 1. The Morgan fingerprint density at radius 2 is 1.88 bits per heavy atom. The number of rotatable bonds is 5. The van der Waals surface area contributed by atoms with Crippen molar-refractivity contribution in [3.63, 3.8) is 0 Å². The third-order valence-electron chi connectivity index (χ3n) is 2.01. The number of amides is 2. The van der Waals surface area contributed by atoms with Gasteiger partial charge in [-0.1, -0.05) is 0 Å². The van der Waals surface area contributed by atoms with Crippen molar-refractivity contribution in [1.82, 2.24) is 10.2 Å². The normalized spacial score (nSPS) is 11.4. The quantitative estimate of drug-likeness (QED) is 0.779. The Hall–Kier alpha value is -1.40. The van der Waals surface area contributed by atoms with Crippen LogP contribution in [0.2, 0.25) is 0 Å². The van der Waals surface area contributed by atoms with Crippen molar-refractivity contribution >= 4 is 12.0 Å². The predicted molar refractivity (Wildman–Crippen MR) is 58.1 cm³/mol. The molecule has 0 unspecified atom stereocenters. The van der Waals surface area contributed by atoms with Crippen molar-refractivity contribution in [1.29, 1.82) is 0 Å². The molecule has 7 heteroatoms. The number of urea groups is 1. The molecular weight excluding hydrogens is 234 g/mol. The van der Waals surface area contributed by atoms with Gasteiger partial charge < -0.3 is 15.3 Å². The van der Waals surface area contributed by atoms with Crippen LogP contribution >= 0.6 is 0 Å². The maximum absolute atomic E-state index is 11.9. The van der Waals surface area contributed by atoms with Crippen LogP contribution in [0.3, 0.4) is 0 Å². The highest BCUT2D eigenvalue weighted by Gasteiger charge is 2.27. The van der Waals surface area contributed by atoms with E-state index in [9.17, 15) is 18.4 Å². The van der Waals surface area contributed by atoms with E-state index in [1.165, 1.54) is 4.90 Å². The Balaban J connectivity index is 4.47. The number of alkyl halides is 2. The molecule has 2 N–H and O–H groups in total. The van der Waals surface area contributed by atoms with Crippen LogP contribution in [0.5, 0.6) is 0 Å². The topological polar surface area (TPSA) is 69.6 Å². The summed E-state index contributed by atoms with van der Waals surface area (Å²) in [4.78, 5) is 23.3. The molecule has 0 aromatic heterocycles. The van der Waals surface area contributed by atoms with E-state index in [0.717, 1.165) is 0 Å². The second-order valence-electron chi connectivity index (χ2n) is 4.54. The SMILES string of the molecule is CC(C)(C)N(CCC(=O)O)C(=O)NCC(F)F. The Kier molecular flexibility index (Phi) is 5.84. The molecule has 0 rings (SSSR count). The van der Waals surface area contributed by atoms with Crippen LogP contribution in [0.1, 0.15) is 27.2 Å². The lowest BCUT2D eigenvalue weighted by atomic mass is 10.1. The Morgan fingerprint density at radius 3 is 2.24 bits per heavy atom. The van der Waals surface area contributed by atoms with Gasteiger partial charge in [0.1, 0.15) is 0 Å². The molecule has 0 aliphatic rings. The Morgan fingerprint density at radius 1 is 1.35 bits per heavy atom. The van der Waals surface area contributed by atoms with Gasteiger partial charge in [0, 0.05) is 12.1 Å². The molecule has 5 nitrogen and oxygen atoms in total. The molecule has 0 aliphatic carbocycles. The number of hydrogen-bond donors (Lipinski definition) is 2. The second kappa shape index (κ2) is 6.36. The van der Waals surface area contributed by atoms with Crippen LogP contribution < -0.4 is 5.32 Å². The van der Waals surface area contributed by atoms with Crippen LogP contribution in [0.25, 0.3) is 0 Å². The summed E-state index contributed by atoms with van der Waals surface area (Å²) in [5, 5.41) is 10.6. The highest BCUT2D eigenvalue weighted by atomic mass is 19.3. The number of aliphatic carboxylic acids is 1. The molecule has 2 amide bonds. The average molecular weight is 252 g/mol. The Labute approximate surface area is 98.8 Å². The van der Waals surface area contributed by atoms with Crippen molar-refractivity contribution in [3.8, 4) is 0 Å². The van der Waals surface area contributed by atoms with Crippen molar-refractivity contribution in [2.24, 2.45) is 0 Å². The summed E-state index contributed by atoms with van der Waals surface area (Å²) in [6, 6.07) is -0.681. The first-order valence-electron chi connectivity index (χ1n) is 5.20. The molecule has 0 saturated heterocycles. The van der Waals surface area contributed by atoms with E-state index in [-0.39, 0.29) is 13.0 Å².